The lowest BCUT2D eigenvalue weighted by Crippen LogP contribution is -2.32. The Hall–Kier alpha value is -3.26. The molecule has 8 heteroatoms. The third-order valence-electron chi connectivity index (χ3n) is 4.25. The van der Waals surface area contributed by atoms with Crippen LogP contribution in [0.5, 0.6) is 0 Å². The highest BCUT2D eigenvalue weighted by Crippen LogP contribution is 2.27. The zero-order valence-corrected chi connectivity index (χ0v) is 16.1. The molecule has 0 spiro atoms. The highest BCUT2D eigenvalue weighted by Gasteiger charge is 2.23. The van der Waals surface area contributed by atoms with E-state index in [1.165, 1.54) is 17.7 Å². The van der Waals surface area contributed by atoms with Gasteiger partial charge in [-0.3, -0.25) is 10.1 Å². The Morgan fingerprint density at radius 1 is 1.21 bits per heavy atom. The van der Waals surface area contributed by atoms with Crippen molar-refractivity contribution in [3.8, 4) is 0 Å². The molecule has 1 N–H and O–H groups in total. The first kappa shape index (κ1) is 18.1. The number of benzene rings is 2. The van der Waals surface area contributed by atoms with Crippen LogP contribution in [-0.2, 0) is 9.53 Å². The molecule has 4 rings (SSSR count). The fourth-order valence-corrected chi connectivity index (χ4v) is 3.74. The largest absolute Gasteiger partial charge is 0.449 e. The van der Waals surface area contributed by atoms with Crippen LogP contribution in [0.3, 0.4) is 0 Å². The minimum absolute atomic E-state index is 0.308. The summed E-state index contributed by atoms with van der Waals surface area (Å²) in [5, 5.41) is 3.22. The number of oxazole rings is 1. The van der Waals surface area contributed by atoms with Crippen LogP contribution < -0.4 is 5.32 Å². The van der Waals surface area contributed by atoms with Crippen molar-refractivity contribution in [2.45, 2.75) is 26.4 Å². The van der Waals surface area contributed by atoms with Gasteiger partial charge in [-0.2, -0.15) is 0 Å². The molecule has 28 heavy (non-hydrogen) atoms. The molecule has 1 atom stereocenters. The molecule has 0 saturated carbocycles. The molecule has 2 heterocycles. The predicted molar refractivity (Wildman–Crippen MR) is 106 cm³/mol. The number of aryl methyl sites for hydroxylation is 1. The molecule has 7 nitrogen and oxygen atoms in total. The van der Waals surface area contributed by atoms with E-state index in [1.54, 1.807) is 25.1 Å². The molecule has 4 aromatic rings. The highest BCUT2D eigenvalue weighted by atomic mass is 32.1. The van der Waals surface area contributed by atoms with Crippen molar-refractivity contribution < 1.29 is 18.7 Å². The Kier molecular flexibility index (Phi) is 4.79. The van der Waals surface area contributed by atoms with E-state index in [1.807, 2.05) is 25.1 Å². The van der Waals surface area contributed by atoms with Crippen LogP contribution in [0.25, 0.3) is 21.3 Å². The van der Waals surface area contributed by atoms with Gasteiger partial charge in [-0.05, 0) is 49.2 Å². The van der Waals surface area contributed by atoms with Crippen LogP contribution >= 0.6 is 11.3 Å². The van der Waals surface area contributed by atoms with E-state index in [4.69, 9.17) is 9.15 Å². The summed E-state index contributed by atoms with van der Waals surface area (Å²) in [6.07, 6.45) is 0.726. The number of nitrogens with one attached hydrogen (secondary N) is 1. The molecule has 142 valence electrons. The van der Waals surface area contributed by atoms with Crippen molar-refractivity contribution in [1.82, 2.24) is 9.97 Å². The highest BCUT2D eigenvalue weighted by molar-refractivity contribution is 7.22. The Balaban J connectivity index is 1.47. The minimum Gasteiger partial charge on any atom is -0.449 e. The number of hydrogen-bond donors (Lipinski definition) is 1. The normalized spacial score (nSPS) is 12.2. The maximum atomic E-state index is 12.6. The predicted octanol–water partition coefficient (Wildman–Crippen LogP) is 4.32. The van der Waals surface area contributed by atoms with Gasteiger partial charge in [0.25, 0.3) is 5.91 Å². The number of carbonyl (C=O) groups is 2. The van der Waals surface area contributed by atoms with Crippen LogP contribution in [0.1, 0.15) is 29.3 Å². The van der Waals surface area contributed by atoms with Gasteiger partial charge in [-0.25, -0.2) is 14.8 Å². The second-order valence-corrected chi connectivity index (χ2v) is 7.35. The monoisotopic (exact) mass is 395 g/mol. The number of anilines is 1. The summed E-state index contributed by atoms with van der Waals surface area (Å²) < 4.78 is 11.6. The number of thiazole rings is 1. The number of esters is 1. The molecule has 0 aliphatic carbocycles. The number of fused-ring (bicyclic) bond motifs is 2. The van der Waals surface area contributed by atoms with Crippen molar-refractivity contribution in [2.24, 2.45) is 0 Å². The van der Waals surface area contributed by atoms with Crippen molar-refractivity contribution in [3.63, 3.8) is 0 Å². The molecule has 1 unspecified atom stereocenters. The molecule has 1 amide bonds. The van der Waals surface area contributed by atoms with Crippen LogP contribution in [0.15, 0.2) is 47.2 Å². The molecule has 2 aromatic heterocycles. The van der Waals surface area contributed by atoms with Crippen molar-refractivity contribution in [1.29, 1.82) is 0 Å². The third kappa shape index (κ3) is 3.59. The zero-order valence-electron chi connectivity index (χ0n) is 15.3. The molecule has 2 aromatic carbocycles. The van der Waals surface area contributed by atoms with E-state index in [0.29, 0.717) is 28.2 Å². The number of rotatable bonds is 5. The Morgan fingerprint density at radius 3 is 2.89 bits per heavy atom. The lowest BCUT2D eigenvalue weighted by atomic mass is 10.2. The van der Waals surface area contributed by atoms with Crippen molar-refractivity contribution in [2.75, 3.05) is 5.32 Å². The van der Waals surface area contributed by atoms with Crippen LogP contribution in [0, 0.1) is 6.92 Å². The number of amides is 1. The summed E-state index contributed by atoms with van der Waals surface area (Å²) in [6, 6.07) is 10.7. The van der Waals surface area contributed by atoms with Gasteiger partial charge in [-0.15, -0.1) is 0 Å². The molecule has 0 saturated heterocycles. The average molecular weight is 395 g/mol. The van der Waals surface area contributed by atoms with E-state index < -0.39 is 18.0 Å². The summed E-state index contributed by atoms with van der Waals surface area (Å²) >= 11 is 1.38. The second kappa shape index (κ2) is 7.40. The van der Waals surface area contributed by atoms with Gasteiger partial charge >= 0.3 is 5.97 Å². The number of carbonyl (C=O) groups excluding carboxylic acids is 2. The van der Waals surface area contributed by atoms with Gasteiger partial charge in [0.05, 0.1) is 15.8 Å². The smallest absolute Gasteiger partial charge is 0.338 e. The van der Waals surface area contributed by atoms with Crippen molar-refractivity contribution in [3.05, 3.63) is 53.9 Å². The zero-order chi connectivity index (χ0) is 19.7. The van der Waals surface area contributed by atoms with Crippen LogP contribution in [0.2, 0.25) is 0 Å². The second-order valence-electron chi connectivity index (χ2n) is 6.32. The first-order valence-corrected chi connectivity index (χ1v) is 9.57. The Morgan fingerprint density at radius 2 is 2.07 bits per heavy atom. The van der Waals surface area contributed by atoms with Gasteiger partial charge in [0.1, 0.15) is 5.52 Å². The van der Waals surface area contributed by atoms with Crippen LogP contribution in [0.4, 0.5) is 5.13 Å². The molecular formula is C20H17N3O4S. The van der Waals surface area contributed by atoms with Crippen LogP contribution in [-0.4, -0.2) is 27.9 Å². The molecule has 0 fully saturated rings. The Bertz CT molecular complexity index is 1180. The third-order valence-corrected chi connectivity index (χ3v) is 5.19. The minimum atomic E-state index is -0.922. The Labute approximate surface area is 164 Å². The summed E-state index contributed by atoms with van der Waals surface area (Å²) in [5.41, 5.74) is 3.38. The molecule has 0 aliphatic heterocycles. The van der Waals surface area contributed by atoms with E-state index in [0.717, 1.165) is 15.8 Å². The summed E-state index contributed by atoms with van der Waals surface area (Å²) in [4.78, 5) is 33.4. The maximum Gasteiger partial charge on any atom is 0.338 e. The molecular weight excluding hydrogens is 378 g/mol. The summed E-state index contributed by atoms with van der Waals surface area (Å²) in [7, 11) is 0. The first-order valence-electron chi connectivity index (χ1n) is 8.76. The number of nitrogens with zero attached hydrogens (tertiary/aromatic N) is 2. The van der Waals surface area contributed by atoms with Gasteiger partial charge in [-0.1, -0.05) is 24.3 Å². The quantitative estimate of drug-likeness (QED) is 0.506. The van der Waals surface area contributed by atoms with Gasteiger partial charge < -0.3 is 9.15 Å². The number of ether oxygens (including phenoxy) is 1. The number of aromatic nitrogens is 2. The lowest BCUT2D eigenvalue weighted by Gasteiger charge is -2.15. The van der Waals surface area contributed by atoms with E-state index in [9.17, 15) is 9.59 Å². The summed E-state index contributed by atoms with van der Waals surface area (Å²) in [6.45, 7) is 3.78. The van der Waals surface area contributed by atoms with E-state index in [-0.39, 0.29) is 0 Å². The number of hydrogen-bond acceptors (Lipinski definition) is 7. The van der Waals surface area contributed by atoms with Gasteiger partial charge in [0.15, 0.2) is 23.2 Å². The van der Waals surface area contributed by atoms with Gasteiger partial charge in [0.2, 0.25) is 0 Å². The fraction of sp³-hybridized carbons (Fsp3) is 0.200. The molecule has 0 aliphatic rings. The fourth-order valence-electron chi connectivity index (χ4n) is 2.78. The molecule has 0 bridgehead atoms. The maximum absolute atomic E-state index is 12.6. The van der Waals surface area contributed by atoms with Gasteiger partial charge in [0, 0.05) is 0 Å². The van der Waals surface area contributed by atoms with E-state index in [2.05, 4.69) is 15.3 Å². The average Bonchev–Trinajstić information content (AvgIpc) is 3.30. The SMILES string of the molecule is CCC(OC(=O)c1ccc2ocnc2c1)C(=O)Nc1nc2ccc(C)cc2s1. The topological polar surface area (TPSA) is 94.3 Å². The molecule has 0 radical (unpaired) electrons. The first-order chi connectivity index (χ1) is 13.5. The lowest BCUT2D eigenvalue weighted by molar-refractivity contribution is -0.124. The van der Waals surface area contributed by atoms with E-state index >= 15 is 0 Å². The summed E-state index contributed by atoms with van der Waals surface area (Å²) in [5.74, 6) is -0.999. The van der Waals surface area contributed by atoms with Crippen molar-refractivity contribution >= 4 is 49.7 Å². The standard InChI is InChI=1S/C20H17N3O4S/c1-3-15(27-19(25)12-5-7-16-14(9-12)21-10-26-16)18(24)23-20-22-13-6-4-11(2)8-17(13)28-20/h4-10,15H,3H2,1-2H3,(H,22,23,24).